The van der Waals surface area contributed by atoms with Crippen LogP contribution >= 0.6 is 0 Å². The summed E-state index contributed by atoms with van der Waals surface area (Å²) in [4.78, 5) is 15.0. The first kappa shape index (κ1) is 16.6. The zero-order valence-electron chi connectivity index (χ0n) is 14.5. The molecule has 0 aliphatic heterocycles. The van der Waals surface area contributed by atoms with Crippen LogP contribution in [0, 0.1) is 10.1 Å². The average molecular weight is 360 g/mol. The molecule has 27 heavy (non-hydrogen) atoms. The van der Waals surface area contributed by atoms with Gasteiger partial charge in [0.15, 0.2) is 0 Å². The Hall–Kier alpha value is -3.81. The molecular weight excluding hydrogens is 344 g/mol. The zero-order chi connectivity index (χ0) is 18.8. The summed E-state index contributed by atoms with van der Waals surface area (Å²) in [5.41, 5.74) is 2.46. The number of benzene rings is 2. The number of fused-ring (bicyclic) bond motifs is 1. The first-order valence-electron chi connectivity index (χ1n) is 8.39. The highest BCUT2D eigenvalue weighted by Gasteiger charge is 2.12. The van der Waals surface area contributed by atoms with Crippen LogP contribution in [0.5, 0.6) is 0 Å². The summed E-state index contributed by atoms with van der Waals surface area (Å²) < 4.78 is 1.72. The predicted octanol–water partition coefficient (Wildman–Crippen LogP) is 3.90. The Bertz CT molecular complexity index is 1110. The molecule has 1 atom stereocenters. The van der Waals surface area contributed by atoms with Crippen LogP contribution in [0.1, 0.15) is 18.7 Å². The lowest BCUT2D eigenvalue weighted by atomic mass is 10.2. The Kier molecular flexibility index (Phi) is 4.21. The van der Waals surface area contributed by atoms with Crippen LogP contribution in [0.4, 0.5) is 11.5 Å². The fourth-order valence-electron chi connectivity index (χ4n) is 2.78. The Labute approximate surface area is 154 Å². The third-order valence-corrected chi connectivity index (χ3v) is 4.22. The van der Waals surface area contributed by atoms with E-state index >= 15 is 0 Å². The van der Waals surface area contributed by atoms with Gasteiger partial charge in [-0.2, -0.15) is 0 Å². The number of nitrogens with zero attached hydrogens (tertiary/aromatic N) is 5. The quantitative estimate of drug-likeness (QED) is 0.428. The summed E-state index contributed by atoms with van der Waals surface area (Å²) >= 11 is 0. The summed E-state index contributed by atoms with van der Waals surface area (Å²) in [6, 6.07) is 17.9. The Morgan fingerprint density at radius 2 is 1.93 bits per heavy atom. The van der Waals surface area contributed by atoms with Gasteiger partial charge in [-0.1, -0.05) is 23.4 Å². The molecule has 0 radical (unpaired) electrons. The van der Waals surface area contributed by atoms with E-state index in [0.717, 1.165) is 16.8 Å². The Balaban J connectivity index is 1.54. The van der Waals surface area contributed by atoms with Gasteiger partial charge in [0.2, 0.25) is 0 Å². The number of aromatic nitrogens is 4. The number of hydrogen-bond acceptors (Lipinski definition) is 6. The van der Waals surface area contributed by atoms with Crippen molar-refractivity contribution in [1.82, 2.24) is 20.0 Å². The van der Waals surface area contributed by atoms with Gasteiger partial charge in [0.1, 0.15) is 11.5 Å². The smallest absolute Gasteiger partial charge is 0.270 e. The van der Waals surface area contributed by atoms with Crippen LogP contribution in [0.2, 0.25) is 0 Å². The first-order valence-corrected chi connectivity index (χ1v) is 8.39. The molecule has 8 nitrogen and oxygen atoms in total. The molecule has 4 aromatic rings. The van der Waals surface area contributed by atoms with E-state index in [1.165, 1.54) is 12.1 Å². The molecule has 4 rings (SSSR count). The van der Waals surface area contributed by atoms with Gasteiger partial charge in [-0.25, -0.2) is 9.67 Å². The minimum Gasteiger partial charge on any atom is -0.362 e. The molecule has 0 saturated heterocycles. The van der Waals surface area contributed by atoms with Crippen LogP contribution in [-0.2, 0) is 0 Å². The van der Waals surface area contributed by atoms with Crippen molar-refractivity contribution in [2.24, 2.45) is 0 Å². The van der Waals surface area contributed by atoms with E-state index in [0.29, 0.717) is 11.3 Å². The molecule has 8 heteroatoms. The third kappa shape index (κ3) is 3.45. The highest BCUT2D eigenvalue weighted by Crippen LogP contribution is 2.23. The number of nitrogens with one attached hydrogen (secondary N) is 1. The lowest BCUT2D eigenvalue weighted by Gasteiger charge is -2.12. The molecule has 0 fully saturated rings. The monoisotopic (exact) mass is 360 g/mol. The maximum atomic E-state index is 10.9. The van der Waals surface area contributed by atoms with Crippen LogP contribution in [0.25, 0.3) is 16.6 Å². The lowest BCUT2D eigenvalue weighted by Crippen LogP contribution is -2.08. The largest absolute Gasteiger partial charge is 0.362 e. The summed E-state index contributed by atoms with van der Waals surface area (Å²) in [6.07, 6.45) is 1.87. The summed E-state index contributed by atoms with van der Waals surface area (Å²) in [5, 5.41) is 23.3. The Morgan fingerprint density at radius 3 is 2.70 bits per heavy atom. The van der Waals surface area contributed by atoms with E-state index in [1.54, 1.807) is 16.8 Å². The molecule has 134 valence electrons. The van der Waals surface area contributed by atoms with E-state index in [2.05, 4.69) is 20.6 Å². The molecular formula is C19H16N6O2. The third-order valence-electron chi connectivity index (χ3n) is 4.22. The van der Waals surface area contributed by atoms with Crippen molar-refractivity contribution in [3.05, 3.63) is 82.7 Å². The van der Waals surface area contributed by atoms with Gasteiger partial charge in [0.05, 0.1) is 28.4 Å². The highest BCUT2D eigenvalue weighted by atomic mass is 16.6. The second-order valence-corrected chi connectivity index (χ2v) is 6.12. The number of non-ortho nitro benzene ring substituents is 1. The van der Waals surface area contributed by atoms with E-state index < -0.39 is 4.92 Å². The van der Waals surface area contributed by atoms with Crippen molar-refractivity contribution in [3.8, 4) is 5.69 Å². The van der Waals surface area contributed by atoms with Crippen molar-refractivity contribution in [2.45, 2.75) is 13.0 Å². The van der Waals surface area contributed by atoms with Crippen molar-refractivity contribution in [1.29, 1.82) is 0 Å². The first-order chi connectivity index (χ1) is 13.1. The van der Waals surface area contributed by atoms with Crippen LogP contribution < -0.4 is 5.32 Å². The van der Waals surface area contributed by atoms with Crippen LogP contribution in [0.3, 0.4) is 0 Å². The standard InChI is InChI=1S/C19H16N6O2/c1-13(18-12-24(23-22-18)15-5-3-2-4-6-15)20-19-10-7-14-11-16(25(26)27)8-9-17(14)21-19/h2-13H,1H3,(H,20,21). The highest BCUT2D eigenvalue weighted by molar-refractivity contribution is 5.82. The topological polar surface area (TPSA) is 98.8 Å². The molecule has 1 unspecified atom stereocenters. The molecule has 2 heterocycles. The second-order valence-electron chi connectivity index (χ2n) is 6.12. The zero-order valence-corrected chi connectivity index (χ0v) is 14.5. The minimum atomic E-state index is -0.413. The molecule has 2 aromatic heterocycles. The molecule has 1 N–H and O–H groups in total. The SMILES string of the molecule is CC(Nc1ccc2cc([N+](=O)[O-])ccc2n1)c1cn(-c2ccccc2)nn1. The van der Waals surface area contributed by atoms with Gasteiger partial charge in [0.25, 0.3) is 5.69 Å². The van der Waals surface area contributed by atoms with Crippen molar-refractivity contribution < 1.29 is 4.92 Å². The van der Waals surface area contributed by atoms with Crippen molar-refractivity contribution >= 4 is 22.4 Å². The normalized spacial score (nSPS) is 12.0. The summed E-state index contributed by atoms with van der Waals surface area (Å²) in [6.45, 7) is 1.97. The van der Waals surface area contributed by atoms with Gasteiger partial charge in [-0.3, -0.25) is 10.1 Å². The number of nitro groups is 1. The van der Waals surface area contributed by atoms with Crippen molar-refractivity contribution in [3.63, 3.8) is 0 Å². The van der Waals surface area contributed by atoms with Crippen LogP contribution in [0.15, 0.2) is 66.9 Å². The van der Waals surface area contributed by atoms with Gasteiger partial charge in [-0.15, -0.1) is 5.10 Å². The number of nitro benzene ring substituents is 1. The summed E-state index contributed by atoms with van der Waals surface area (Å²) in [5.74, 6) is 0.665. The fraction of sp³-hybridized carbons (Fsp3) is 0.105. The lowest BCUT2D eigenvalue weighted by molar-refractivity contribution is -0.384. The molecule has 2 aromatic carbocycles. The molecule has 0 amide bonds. The van der Waals surface area contributed by atoms with Crippen molar-refractivity contribution in [2.75, 3.05) is 5.32 Å². The fourth-order valence-corrected chi connectivity index (χ4v) is 2.78. The maximum Gasteiger partial charge on any atom is 0.270 e. The Morgan fingerprint density at radius 1 is 1.11 bits per heavy atom. The number of pyridine rings is 1. The van der Waals surface area contributed by atoms with Gasteiger partial charge in [-0.05, 0) is 37.3 Å². The average Bonchev–Trinajstić information content (AvgIpc) is 3.18. The molecule has 0 bridgehead atoms. The predicted molar refractivity (Wildman–Crippen MR) is 102 cm³/mol. The maximum absolute atomic E-state index is 10.9. The van der Waals surface area contributed by atoms with E-state index in [9.17, 15) is 10.1 Å². The number of anilines is 1. The number of rotatable bonds is 5. The molecule has 0 saturated carbocycles. The number of hydrogen-bond donors (Lipinski definition) is 1. The number of para-hydroxylation sites is 1. The molecule has 0 aliphatic rings. The second kappa shape index (κ2) is 6.83. The van der Waals surface area contributed by atoms with Gasteiger partial charge < -0.3 is 5.32 Å². The van der Waals surface area contributed by atoms with Crippen LogP contribution in [-0.4, -0.2) is 24.9 Å². The van der Waals surface area contributed by atoms with Gasteiger partial charge in [0, 0.05) is 17.5 Å². The molecule has 0 aliphatic carbocycles. The van der Waals surface area contributed by atoms with Gasteiger partial charge >= 0.3 is 0 Å². The van der Waals surface area contributed by atoms with E-state index in [1.807, 2.05) is 49.5 Å². The van der Waals surface area contributed by atoms with E-state index in [-0.39, 0.29) is 11.7 Å². The molecule has 0 spiro atoms. The minimum absolute atomic E-state index is 0.0518. The summed E-state index contributed by atoms with van der Waals surface area (Å²) in [7, 11) is 0. The van der Waals surface area contributed by atoms with E-state index in [4.69, 9.17) is 0 Å².